The summed E-state index contributed by atoms with van der Waals surface area (Å²) in [4.78, 5) is 17.3. The number of rotatable bonds is 7. The Labute approximate surface area is 162 Å². The van der Waals surface area contributed by atoms with E-state index in [2.05, 4.69) is 32.7 Å². The van der Waals surface area contributed by atoms with Crippen molar-refractivity contribution in [1.29, 1.82) is 0 Å². The fraction of sp³-hybridized carbons (Fsp3) is 0.619. The number of aromatic nitrogens is 2. The molecule has 2 aromatic rings. The molecule has 1 aliphatic rings. The predicted octanol–water partition coefficient (Wildman–Crippen LogP) is 3.21. The number of hydrogen-bond donors (Lipinski definition) is 0. The van der Waals surface area contributed by atoms with E-state index < -0.39 is 0 Å². The molecule has 6 nitrogen and oxygen atoms in total. The van der Waals surface area contributed by atoms with E-state index in [1.54, 1.807) is 11.2 Å². The number of nitrogens with zero attached hydrogens (tertiary/aromatic N) is 4. The van der Waals surface area contributed by atoms with Gasteiger partial charge in [0.1, 0.15) is 5.76 Å². The van der Waals surface area contributed by atoms with Gasteiger partial charge >= 0.3 is 0 Å². The Kier molecular flexibility index (Phi) is 6.05. The number of carbonyl (C=O) groups is 1. The number of aryl methyl sites for hydroxylation is 1. The third kappa shape index (κ3) is 4.26. The van der Waals surface area contributed by atoms with Gasteiger partial charge in [-0.3, -0.25) is 9.48 Å². The van der Waals surface area contributed by atoms with Crippen LogP contribution in [0.15, 0.2) is 22.8 Å². The maximum atomic E-state index is 13.1. The molecule has 0 unspecified atom stereocenters. The normalized spacial score (nSPS) is 16.8. The fourth-order valence-electron chi connectivity index (χ4n) is 4.09. The average molecular weight is 373 g/mol. The van der Waals surface area contributed by atoms with Gasteiger partial charge in [-0.15, -0.1) is 0 Å². The molecule has 0 bridgehead atoms. The molecule has 27 heavy (non-hydrogen) atoms. The zero-order valence-electron chi connectivity index (χ0n) is 17.2. The van der Waals surface area contributed by atoms with Crippen LogP contribution in [-0.2, 0) is 25.9 Å². The molecular weight excluding hydrogens is 340 g/mol. The number of furan rings is 1. The summed E-state index contributed by atoms with van der Waals surface area (Å²) in [6, 6.07) is 4.20. The molecule has 0 radical (unpaired) electrons. The first kappa shape index (κ1) is 19.7. The number of carbonyl (C=O) groups excluding carboxylic acids is 1. The van der Waals surface area contributed by atoms with Crippen molar-refractivity contribution in [1.82, 2.24) is 19.6 Å². The Morgan fingerprint density at radius 2 is 2.19 bits per heavy atom. The van der Waals surface area contributed by atoms with E-state index in [0.29, 0.717) is 24.2 Å². The highest BCUT2D eigenvalue weighted by atomic mass is 16.3. The van der Waals surface area contributed by atoms with Crippen molar-refractivity contribution >= 4 is 5.91 Å². The molecule has 0 N–H and O–H groups in total. The van der Waals surface area contributed by atoms with Crippen LogP contribution in [-0.4, -0.2) is 52.2 Å². The van der Waals surface area contributed by atoms with Crippen molar-refractivity contribution in [3.63, 3.8) is 0 Å². The molecule has 1 aliphatic carbocycles. The summed E-state index contributed by atoms with van der Waals surface area (Å²) in [6.07, 6.45) is 4.64. The summed E-state index contributed by atoms with van der Waals surface area (Å²) in [7, 11) is 4.01. The molecule has 1 amide bonds. The molecule has 3 rings (SSSR count). The lowest BCUT2D eigenvalue weighted by Crippen LogP contribution is -2.39. The van der Waals surface area contributed by atoms with E-state index in [-0.39, 0.29) is 5.91 Å². The zero-order chi connectivity index (χ0) is 19.6. The van der Waals surface area contributed by atoms with E-state index in [1.807, 2.05) is 23.9 Å². The quantitative estimate of drug-likeness (QED) is 0.749. The lowest BCUT2D eigenvalue weighted by Gasteiger charge is -2.32. The van der Waals surface area contributed by atoms with Gasteiger partial charge in [0.15, 0.2) is 5.69 Å². The summed E-state index contributed by atoms with van der Waals surface area (Å²) in [5, 5.41) is 4.69. The second kappa shape index (κ2) is 8.30. The fourth-order valence-corrected chi connectivity index (χ4v) is 4.09. The topological polar surface area (TPSA) is 54.5 Å². The van der Waals surface area contributed by atoms with Crippen molar-refractivity contribution in [3.8, 4) is 0 Å². The van der Waals surface area contributed by atoms with Crippen LogP contribution in [0.5, 0.6) is 0 Å². The highest BCUT2D eigenvalue weighted by molar-refractivity contribution is 5.94. The second-order valence-corrected chi connectivity index (χ2v) is 8.06. The van der Waals surface area contributed by atoms with E-state index in [4.69, 9.17) is 9.52 Å². The van der Waals surface area contributed by atoms with E-state index in [0.717, 1.165) is 43.7 Å². The highest BCUT2D eigenvalue weighted by Gasteiger charge is 2.31. The highest BCUT2D eigenvalue weighted by Crippen LogP contribution is 2.28. The molecule has 0 aromatic carbocycles. The Balaban J connectivity index is 1.82. The van der Waals surface area contributed by atoms with Crippen molar-refractivity contribution < 1.29 is 9.21 Å². The molecule has 1 atom stereocenters. The summed E-state index contributed by atoms with van der Waals surface area (Å²) >= 11 is 0. The largest absolute Gasteiger partial charge is 0.467 e. The van der Waals surface area contributed by atoms with E-state index >= 15 is 0 Å². The van der Waals surface area contributed by atoms with Crippen LogP contribution in [0.25, 0.3) is 0 Å². The summed E-state index contributed by atoms with van der Waals surface area (Å²) in [5.74, 6) is 1.39. The number of amides is 1. The molecule has 0 saturated heterocycles. The zero-order valence-corrected chi connectivity index (χ0v) is 17.2. The van der Waals surface area contributed by atoms with E-state index in [9.17, 15) is 4.79 Å². The molecule has 0 fully saturated rings. The Morgan fingerprint density at radius 1 is 1.41 bits per heavy atom. The standard InChI is InChI=1S/C21H32N4O2/c1-6-25-19-10-9-16(23(4)13-15(2)3)12-18(19)20(22-25)21(26)24(5)14-17-8-7-11-27-17/h7-8,11,15-16H,6,9-10,12-14H2,1-5H3/t16-/m0/s1. The third-order valence-electron chi connectivity index (χ3n) is 5.42. The van der Waals surface area contributed by atoms with Crippen LogP contribution in [0.3, 0.4) is 0 Å². The first-order valence-electron chi connectivity index (χ1n) is 9.97. The number of likely N-dealkylation sites (N-methyl/N-ethyl adjacent to an activating group) is 1. The summed E-state index contributed by atoms with van der Waals surface area (Å²) < 4.78 is 7.40. The van der Waals surface area contributed by atoms with Gasteiger partial charge in [-0.25, -0.2) is 0 Å². The minimum Gasteiger partial charge on any atom is -0.467 e. The molecule has 0 saturated carbocycles. The van der Waals surface area contributed by atoms with Crippen molar-refractivity contribution in [2.75, 3.05) is 20.6 Å². The first-order valence-corrected chi connectivity index (χ1v) is 9.97. The van der Waals surface area contributed by atoms with Gasteiger partial charge in [0, 0.05) is 37.4 Å². The average Bonchev–Trinajstić information content (AvgIpc) is 3.27. The summed E-state index contributed by atoms with van der Waals surface area (Å²) in [6.45, 7) is 8.91. The maximum absolute atomic E-state index is 13.1. The number of fused-ring (bicyclic) bond motifs is 1. The van der Waals surface area contributed by atoms with Crippen LogP contribution in [0.1, 0.15) is 54.7 Å². The minimum absolute atomic E-state index is 0.0259. The summed E-state index contributed by atoms with van der Waals surface area (Å²) in [5.41, 5.74) is 2.99. The molecular formula is C21H32N4O2. The smallest absolute Gasteiger partial charge is 0.274 e. The third-order valence-corrected chi connectivity index (χ3v) is 5.42. The molecule has 6 heteroatoms. The van der Waals surface area contributed by atoms with E-state index in [1.165, 1.54) is 5.69 Å². The van der Waals surface area contributed by atoms with Gasteiger partial charge in [0.05, 0.1) is 12.8 Å². The molecule has 148 valence electrons. The van der Waals surface area contributed by atoms with Gasteiger partial charge in [0.2, 0.25) is 0 Å². The predicted molar refractivity (Wildman–Crippen MR) is 106 cm³/mol. The number of hydrogen-bond acceptors (Lipinski definition) is 4. The van der Waals surface area contributed by atoms with Gasteiger partial charge < -0.3 is 14.2 Å². The van der Waals surface area contributed by atoms with Gasteiger partial charge in [0.25, 0.3) is 5.91 Å². The van der Waals surface area contributed by atoms with Crippen LogP contribution in [0, 0.1) is 5.92 Å². The minimum atomic E-state index is -0.0259. The van der Waals surface area contributed by atoms with Crippen LogP contribution in [0.4, 0.5) is 0 Å². The van der Waals surface area contributed by atoms with Gasteiger partial charge in [-0.05, 0) is 51.3 Å². The monoisotopic (exact) mass is 372 g/mol. The first-order chi connectivity index (χ1) is 12.9. The van der Waals surface area contributed by atoms with Crippen LogP contribution in [0.2, 0.25) is 0 Å². The second-order valence-electron chi connectivity index (χ2n) is 8.06. The Bertz CT molecular complexity index is 763. The van der Waals surface area contributed by atoms with Crippen molar-refractivity contribution in [2.24, 2.45) is 5.92 Å². The van der Waals surface area contributed by atoms with Gasteiger partial charge in [-0.2, -0.15) is 5.10 Å². The Hall–Kier alpha value is -2.08. The molecule has 2 heterocycles. The Morgan fingerprint density at radius 3 is 2.81 bits per heavy atom. The molecule has 0 aliphatic heterocycles. The van der Waals surface area contributed by atoms with Crippen molar-refractivity contribution in [2.45, 2.75) is 59.2 Å². The lowest BCUT2D eigenvalue weighted by atomic mass is 9.90. The van der Waals surface area contributed by atoms with Gasteiger partial charge in [-0.1, -0.05) is 13.8 Å². The lowest BCUT2D eigenvalue weighted by molar-refractivity contribution is 0.0767. The SMILES string of the molecule is CCn1nc(C(=O)N(C)Cc2ccco2)c2c1CC[C@H](N(C)CC(C)C)C2. The molecule has 2 aromatic heterocycles. The molecule has 0 spiro atoms. The van der Waals surface area contributed by atoms with Crippen LogP contribution < -0.4 is 0 Å². The maximum Gasteiger partial charge on any atom is 0.274 e. The van der Waals surface area contributed by atoms with Crippen LogP contribution >= 0.6 is 0 Å². The van der Waals surface area contributed by atoms with Crippen molar-refractivity contribution in [3.05, 3.63) is 41.1 Å².